The summed E-state index contributed by atoms with van der Waals surface area (Å²) in [4.78, 5) is 27.0. The van der Waals surface area contributed by atoms with Crippen LogP contribution in [-0.2, 0) is 32.2 Å². The van der Waals surface area contributed by atoms with Crippen LogP contribution in [0.3, 0.4) is 0 Å². The minimum Gasteiger partial charge on any atom is -0.459 e. The number of esters is 1. The summed E-state index contributed by atoms with van der Waals surface area (Å²) < 4.78 is 18.9. The van der Waals surface area contributed by atoms with Crippen molar-refractivity contribution in [2.24, 2.45) is 5.92 Å². The van der Waals surface area contributed by atoms with E-state index in [1.165, 1.54) is 0 Å². The number of hydrogen-bond acceptors (Lipinski definition) is 7. The second-order valence-electron chi connectivity index (χ2n) is 12.0. The van der Waals surface area contributed by atoms with Crippen LogP contribution in [0.25, 0.3) is 0 Å². The number of nitrogens with zero attached hydrogens (tertiary/aromatic N) is 1. The van der Waals surface area contributed by atoms with E-state index in [-0.39, 0.29) is 42.8 Å². The maximum Gasteiger partial charge on any atom is 0.323 e. The van der Waals surface area contributed by atoms with Gasteiger partial charge < -0.3 is 30.0 Å². The predicted octanol–water partition coefficient (Wildman–Crippen LogP) is 4.60. The number of carbonyl (C=O) groups excluding carboxylic acids is 2. The van der Waals surface area contributed by atoms with Crippen molar-refractivity contribution in [3.63, 3.8) is 0 Å². The molecule has 2 amide bonds. The molecule has 2 aliphatic heterocycles. The number of urea groups is 1. The number of rotatable bonds is 9. The fourth-order valence-electron chi connectivity index (χ4n) is 5.44. The van der Waals surface area contributed by atoms with Crippen molar-refractivity contribution in [2.75, 3.05) is 19.6 Å². The van der Waals surface area contributed by atoms with Crippen molar-refractivity contribution in [3.05, 3.63) is 70.8 Å². The van der Waals surface area contributed by atoms with Crippen LogP contribution in [0.2, 0.25) is 0 Å². The van der Waals surface area contributed by atoms with Gasteiger partial charge in [-0.15, -0.1) is 0 Å². The third-order valence-electron chi connectivity index (χ3n) is 7.62. The second kappa shape index (κ2) is 13.8. The standard InChI is InChI=1S/C32H45N3O6/c1-6-33-31(38)34-18-22-9-15-25(16-10-22)30-39-27(19-35-17-7-8-26(35)29(37)41-32(3,4)5)21(2)28(40-30)24-13-11-23(20-36)12-14-24/h9-16,21,26-28,30,36H,6-8,17-20H2,1-5H3,(H2,33,34,38)/t21-,26+,27+,28+,30+/m1/s1. The molecule has 9 nitrogen and oxygen atoms in total. The van der Waals surface area contributed by atoms with Gasteiger partial charge in [0.2, 0.25) is 0 Å². The highest BCUT2D eigenvalue weighted by molar-refractivity contribution is 5.76. The van der Waals surface area contributed by atoms with Crippen LogP contribution in [0.15, 0.2) is 48.5 Å². The minimum atomic E-state index is -0.605. The fraction of sp³-hybridized carbons (Fsp3) is 0.562. The Balaban J connectivity index is 1.53. The zero-order valence-corrected chi connectivity index (χ0v) is 24.9. The molecule has 2 saturated heterocycles. The summed E-state index contributed by atoms with van der Waals surface area (Å²) in [5.41, 5.74) is 3.17. The first-order chi connectivity index (χ1) is 19.6. The van der Waals surface area contributed by atoms with Crippen molar-refractivity contribution in [3.8, 4) is 0 Å². The number of aliphatic hydroxyl groups excluding tert-OH is 1. The van der Waals surface area contributed by atoms with Gasteiger partial charge in [0.25, 0.3) is 0 Å². The van der Waals surface area contributed by atoms with Gasteiger partial charge in [0.05, 0.1) is 18.8 Å². The maximum absolute atomic E-state index is 13.0. The summed E-state index contributed by atoms with van der Waals surface area (Å²) in [7, 11) is 0. The third kappa shape index (κ3) is 8.29. The lowest BCUT2D eigenvalue weighted by Crippen LogP contribution is -2.48. The van der Waals surface area contributed by atoms with E-state index in [4.69, 9.17) is 14.2 Å². The normalized spacial score (nSPS) is 25.1. The van der Waals surface area contributed by atoms with E-state index in [1.54, 1.807) is 0 Å². The highest BCUT2D eigenvalue weighted by Crippen LogP contribution is 2.42. The Morgan fingerprint density at radius 3 is 2.29 bits per heavy atom. The van der Waals surface area contributed by atoms with Crippen molar-refractivity contribution >= 4 is 12.0 Å². The van der Waals surface area contributed by atoms with E-state index in [2.05, 4.69) is 22.5 Å². The Morgan fingerprint density at radius 1 is 1.00 bits per heavy atom. The first-order valence-corrected chi connectivity index (χ1v) is 14.7. The van der Waals surface area contributed by atoms with Gasteiger partial charge in [-0.2, -0.15) is 0 Å². The maximum atomic E-state index is 13.0. The summed E-state index contributed by atoms with van der Waals surface area (Å²) in [5, 5.41) is 15.1. The summed E-state index contributed by atoms with van der Waals surface area (Å²) in [5.74, 6) is -0.175. The van der Waals surface area contributed by atoms with Crippen LogP contribution < -0.4 is 10.6 Å². The molecular weight excluding hydrogens is 522 g/mol. The Bertz CT molecular complexity index is 1150. The molecule has 0 aromatic heterocycles. The van der Waals surface area contributed by atoms with Crippen molar-refractivity contribution in [1.82, 2.24) is 15.5 Å². The van der Waals surface area contributed by atoms with E-state index >= 15 is 0 Å². The van der Waals surface area contributed by atoms with Gasteiger partial charge in [0, 0.05) is 31.1 Å². The van der Waals surface area contributed by atoms with Crippen LogP contribution in [0.1, 0.15) is 82.1 Å². The predicted molar refractivity (Wildman–Crippen MR) is 156 cm³/mol. The lowest BCUT2D eigenvalue weighted by atomic mass is 9.90. The smallest absolute Gasteiger partial charge is 0.323 e. The number of likely N-dealkylation sites (tertiary alicyclic amines) is 1. The first-order valence-electron chi connectivity index (χ1n) is 14.7. The number of nitrogens with one attached hydrogen (secondary N) is 2. The van der Waals surface area contributed by atoms with Gasteiger partial charge in [0.15, 0.2) is 6.29 Å². The van der Waals surface area contributed by atoms with Gasteiger partial charge in [-0.25, -0.2) is 4.79 Å². The van der Waals surface area contributed by atoms with E-state index in [0.717, 1.165) is 41.6 Å². The van der Waals surface area contributed by atoms with Crippen molar-refractivity contribution < 1.29 is 28.9 Å². The van der Waals surface area contributed by atoms with Gasteiger partial charge in [0.1, 0.15) is 11.6 Å². The molecule has 2 heterocycles. The van der Waals surface area contributed by atoms with E-state index in [0.29, 0.717) is 19.6 Å². The number of benzene rings is 2. The highest BCUT2D eigenvalue weighted by Gasteiger charge is 2.42. The molecule has 0 unspecified atom stereocenters. The first kappa shape index (κ1) is 31.0. The van der Waals surface area contributed by atoms with Crippen molar-refractivity contribution in [1.29, 1.82) is 0 Å². The minimum absolute atomic E-state index is 0.00617. The number of carbonyl (C=O) groups is 2. The van der Waals surface area contributed by atoms with E-state index in [1.807, 2.05) is 76.2 Å². The molecule has 0 aliphatic carbocycles. The average Bonchev–Trinajstić information content (AvgIpc) is 3.41. The van der Waals surface area contributed by atoms with Crippen LogP contribution in [-0.4, -0.2) is 59.4 Å². The highest BCUT2D eigenvalue weighted by atomic mass is 16.7. The third-order valence-corrected chi connectivity index (χ3v) is 7.62. The molecule has 2 fully saturated rings. The van der Waals surface area contributed by atoms with Crippen LogP contribution in [0, 0.1) is 5.92 Å². The molecule has 4 rings (SSSR count). The van der Waals surface area contributed by atoms with Crippen LogP contribution in [0.4, 0.5) is 4.79 Å². The van der Waals surface area contributed by atoms with Gasteiger partial charge in [-0.1, -0.05) is 55.5 Å². The Morgan fingerprint density at radius 2 is 1.66 bits per heavy atom. The lowest BCUT2D eigenvalue weighted by molar-refractivity contribution is -0.276. The number of ether oxygens (including phenoxy) is 3. The average molecular weight is 568 g/mol. The molecule has 2 aromatic rings. The molecule has 224 valence electrons. The van der Waals surface area contributed by atoms with E-state index < -0.39 is 11.9 Å². The fourth-order valence-corrected chi connectivity index (χ4v) is 5.44. The number of aliphatic hydroxyl groups is 1. The Hall–Kier alpha value is -2.98. The topological polar surface area (TPSA) is 109 Å². The Labute approximate surface area is 243 Å². The second-order valence-corrected chi connectivity index (χ2v) is 12.0. The molecule has 3 N–H and O–H groups in total. The summed E-state index contributed by atoms with van der Waals surface area (Å²) in [6.45, 7) is 12.1. The monoisotopic (exact) mass is 567 g/mol. The molecule has 0 radical (unpaired) electrons. The number of amides is 2. The summed E-state index contributed by atoms with van der Waals surface area (Å²) in [6.07, 6.45) is 0.662. The molecular formula is C32H45N3O6. The summed E-state index contributed by atoms with van der Waals surface area (Å²) in [6, 6.07) is 15.2. The van der Waals surface area contributed by atoms with Gasteiger partial charge >= 0.3 is 12.0 Å². The zero-order valence-electron chi connectivity index (χ0n) is 24.9. The van der Waals surface area contributed by atoms with Crippen molar-refractivity contribution in [2.45, 2.75) is 90.8 Å². The summed E-state index contributed by atoms with van der Waals surface area (Å²) >= 11 is 0. The molecule has 9 heteroatoms. The Kier molecular flexibility index (Phi) is 10.4. The number of hydrogen-bond donors (Lipinski definition) is 3. The largest absolute Gasteiger partial charge is 0.459 e. The molecule has 41 heavy (non-hydrogen) atoms. The molecule has 0 saturated carbocycles. The SMILES string of the molecule is CCNC(=O)NCc1ccc([C@H]2O[C@@H](CN3CCC[C@H]3C(=O)OC(C)(C)C)[C@@H](C)[C@@H](c3ccc(CO)cc3)O2)cc1. The molecule has 2 aliphatic rings. The molecule has 0 spiro atoms. The van der Waals surface area contributed by atoms with Crippen LogP contribution >= 0.6 is 0 Å². The van der Waals surface area contributed by atoms with Gasteiger partial charge in [-0.3, -0.25) is 9.69 Å². The lowest BCUT2D eigenvalue weighted by Gasteiger charge is -2.43. The molecule has 5 atom stereocenters. The molecule has 0 bridgehead atoms. The molecule has 2 aromatic carbocycles. The van der Waals surface area contributed by atoms with Crippen LogP contribution in [0.5, 0.6) is 0 Å². The quantitative estimate of drug-likeness (QED) is 0.380. The van der Waals surface area contributed by atoms with Gasteiger partial charge in [-0.05, 0) is 63.8 Å². The van der Waals surface area contributed by atoms with E-state index in [9.17, 15) is 14.7 Å². The zero-order chi connectivity index (χ0) is 29.6.